The van der Waals surface area contributed by atoms with E-state index >= 15 is 0 Å². The Balaban J connectivity index is 1.25. The fourth-order valence-corrected chi connectivity index (χ4v) is 9.24. The first kappa shape index (κ1) is 31.7. The van der Waals surface area contributed by atoms with Gasteiger partial charge in [-0.2, -0.15) is 4.98 Å². The van der Waals surface area contributed by atoms with Crippen LogP contribution in [0.25, 0.3) is 22.2 Å². The second-order valence-corrected chi connectivity index (χ2v) is 17.1. The highest BCUT2D eigenvalue weighted by atomic mass is 32.2. The van der Waals surface area contributed by atoms with E-state index in [-0.39, 0.29) is 21.7 Å². The van der Waals surface area contributed by atoms with Gasteiger partial charge in [0.25, 0.3) is 5.56 Å². The van der Waals surface area contributed by atoms with Crippen LogP contribution >= 0.6 is 0 Å². The third kappa shape index (κ3) is 6.51. The molecule has 2 aromatic heterocycles. The van der Waals surface area contributed by atoms with Crippen LogP contribution in [0.1, 0.15) is 43.7 Å². The lowest BCUT2D eigenvalue weighted by molar-refractivity contribution is 0.275. The summed E-state index contributed by atoms with van der Waals surface area (Å²) >= 11 is 0. The van der Waals surface area contributed by atoms with E-state index in [9.17, 15) is 21.6 Å². The first-order valence-electron chi connectivity index (χ1n) is 16.0. The van der Waals surface area contributed by atoms with Gasteiger partial charge in [0, 0.05) is 60.2 Å². The van der Waals surface area contributed by atoms with Gasteiger partial charge >= 0.3 is 0 Å². The van der Waals surface area contributed by atoms with Crippen molar-refractivity contribution in [1.82, 2.24) is 24.2 Å². The number of aryl methyl sites for hydroxylation is 1. The molecule has 0 bridgehead atoms. The fraction of sp³-hybridized carbons (Fsp3) is 0.424. The molecule has 0 spiro atoms. The molecule has 3 fully saturated rings. The first-order valence-corrected chi connectivity index (χ1v) is 19.4. The van der Waals surface area contributed by atoms with Crippen molar-refractivity contribution in [2.24, 2.45) is 0 Å². The topological polar surface area (TPSA) is 155 Å². The van der Waals surface area contributed by atoms with E-state index in [2.05, 4.69) is 20.9 Å². The second kappa shape index (κ2) is 12.3. The van der Waals surface area contributed by atoms with Crippen LogP contribution in [0.5, 0.6) is 0 Å². The number of nitrogens with one attached hydrogen (secondary N) is 3. The van der Waals surface area contributed by atoms with Crippen molar-refractivity contribution in [3.05, 3.63) is 70.6 Å². The van der Waals surface area contributed by atoms with Gasteiger partial charge in [0.05, 0.1) is 16.4 Å². The van der Waals surface area contributed by atoms with Gasteiger partial charge in [0.15, 0.2) is 9.84 Å². The SMILES string of the molecule is Cc1cc(S(=O)(=O)C2CC2)ccc1-c1cc2cnc(Nc3ccc(NC4CCNC4)cc3)nc2n(C2CCN(S(C)(=O)=O)CC2)c1=O. The van der Waals surface area contributed by atoms with Crippen molar-refractivity contribution >= 4 is 48.2 Å². The molecule has 248 valence electrons. The summed E-state index contributed by atoms with van der Waals surface area (Å²) in [6.45, 7) is 4.35. The molecule has 4 aromatic rings. The average molecular weight is 678 g/mol. The highest BCUT2D eigenvalue weighted by molar-refractivity contribution is 7.92. The van der Waals surface area contributed by atoms with Crippen molar-refractivity contribution in [3.8, 4) is 11.1 Å². The number of pyridine rings is 1. The summed E-state index contributed by atoms with van der Waals surface area (Å²) in [6, 6.07) is 14.7. The molecule has 1 atom stereocenters. The van der Waals surface area contributed by atoms with Gasteiger partial charge in [0.1, 0.15) is 5.65 Å². The maximum absolute atomic E-state index is 14.4. The summed E-state index contributed by atoms with van der Waals surface area (Å²) in [5.41, 5.74) is 3.74. The molecule has 0 radical (unpaired) electrons. The summed E-state index contributed by atoms with van der Waals surface area (Å²) in [7, 11) is -6.74. The normalized spacial score (nSPS) is 19.7. The molecule has 14 heteroatoms. The van der Waals surface area contributed by atoms with E-state index in [0.717, 1.165) is 30.9 Å². The number of sulfone groups is 1. The molecule has 3 aliphatic rings. The third-order valence-electron chi connectivity index (χ3n) is 9.38. The maximum Gasteiger partial charge on any atom is 0.260 e. The van der Waals surface area contributed by atoms with Gasteiger partial charge < -0.3 is 16.0 Å². The predicted octanol–water partition coefficient (Wildman–Crippen LogP) is 3.82. The molecule has 4 heterocycles. The Hall–Kier alpha value is -3.85. The standard InChI is InChI=1S/C33H39N7O5S2/c1-21-17-28(47(44,45)27-7-8-27)9-10-29(21)30-18-22-19-35-33(37-24-5-3-23(4-6-24)36-25-11-14-34-20-25)38-31(22)40(32(30)41)26-12-15-39(16-13-26)46(2,42)43/h3-6,9-10,17-19,25-27,34,36H,7-8,11-16,20H2,1-2H3,(H,35,37,38). The molecule has 3 N–H and O–H groups in total. The molecular formula is C33H39N7O5S2. The van der Waals surface area contributed by atoms with Gasteiger partial charge in [0.2, 0.25) is 16.0 Å². The lowest BCUT2D eigenvalue weighted by atomic mass is 9.99. The summed E-state index contributed by atoms with van der Waals surface area (Å²) in [5, 5.41) is 10.5. The smallest absolute Gasteiger partial charge is 0.260 e. The quantitative estimate of drug-likeness (QED) is 0.238. The largest absolute Gasteiger partial charge is 0.381 e. The Kier molecular flexibility index (Phi) is 8.31. The monoisotopic (exact) mass is 677 g/mol. The Morgan fingerprint density at radius 3 is 2.26 bits per heavy atom. The van der Waals surface area contributed by atoms with Crippen molar-refractivity contribution in [1.29, 1.82) is 0 Å². The Morgan fingerprint density at radius 1 is 0.894 bits per heavy atom. The number of aromatic nitrogens is 3. The van der Waals surface area contributed by atoms with Crippen LogP contribution < -0.4 is 21.5 Å². The van der Waals surface area contributed by atoms with Crippen LogP contribution in [0.2, 0.25) is 0 Å². The van der Waals surface area contributed by atoms with Crippen molar-refractivity contribution in [3.63, 3.8) is 0 Å². The number of benzene rings is 2. The molecule has 1 saturated carbocycles. The van der Waals surface area contributed by atoms with Gasteiger partial charge in [-0.15, -0.1) is 0 Å². The summed E-state index contributed by atoms with van der Waals surface area (Å²) < 4.78 is 53.4. The number of fused-ring (bicyclic) bond motifs is 1. The molecule has 1 aliphatic carbocycles. The van der Waals surface area contributed by atoms with Gasteiger partial charge in [-0.25, -0.2) is 26.1 Å². The Labute approximate surface area is 274 Å². The Morgan fingerprint density at radius 2 is 1.62 bits per heavy atom. The summed E-state index contributed by atoms with van der Waals surface area (Å²) in [5.74, 6) is 0.332. The van der Waals surface area contributed by atoms with Gasteiger partial charge in [-0.3, -0.25) is 9.36 Å². The van der Waals surface area contributed by atoms with Gasteiger partial charge in [-0.05, 0) is 99.2 Å². The zero-order chi connectivity index (χ0) is 32.9. The highest BCUT2D eigenvalue weighted by Gasteiger charge is 2.37. The zero-order valence-electron chi connectivity index (χ0n) is 26.4. The summed E-state index contributed by atoms with van der Waals surface area (Å²) in [6.07, 6.45) is 6.20. The highest BCUT2D eigenvalue weighted by Crippen LogP contribution is 2.36. The van der Waals surface area contributed by atoms with E-state index in [4.69, 9.17) is 4.98 Å². The third-order valence-corrected chi connectivity index (χ3v) is 12.9. The van der Waals surface area contributed by atoms with Crippen LogP contribution in [-0.2, 0) is 19.9 Å². The number of sulfonamides is 1. The fourth-order valence-electron chi connectivity index (χ4n) is 6.62. The van der Waals surface area contributed by atoms with Crippen molar-refractivity contribution in [2.75, 3.05) is 43.1 Å². The molecule has 1 unspecified atom stereocenters. The minimum absolute atomic E-state index is 0.266. The molecule has 0 amide bonds. The lowest BCUT2D eigenvalue weighted by Crippen LogP contribution is -2.40. The number of nitrogens with zero attached hydrogens (tertiary/aromatic N) is 4. The van der Waals surface area contributed by atoms with E-state index in [1.165, 1.54) is 10.6 Å². The molecule has 12 nitrogen and oxygen atoms in total. The van der Waals surface area contributed by atoms with Crippen LogP contribution in [0.15, 0.2) is 64.4 Å². The average Bonchev–Trinajstić information content (AvgIpc) is 3.79. The number of piperidine rings is 1. The molecule has 2 aliphatic heterocycles. The van der Waals surface area contributed by atoms with E-state index in [0.29, 0.717) is 78.5 Å². The van der Waals surface area contributed by atoms with E-state index < -0.39 is 19.9 Å². The predicted molar refractivity (Wildman–Crippen MR) is 183 cm³/mol. The maximum atomic E-state index is 14.4. The van der Waals surface area contributed by atoms with Gasteiger partial charge in [-0.1, -0.05) is 6.07 Å². The van der Waals surface area contributed by atoms with Crippen molar-refractivity contribution in [2.45, 2.75) is 61.3 Å². The van der Waals surface area contributed by atoms with Crippen LogP contribution in [0.3, 0.4) is 0 Å². The number of hydrogen-bond donors (Lipinski definition) is 3. The molecule has 47 heavy (non-hydrogen) atoms. The van der Waals surface area contributed by atoms with E-state index in [1.807, 2.05) is 31.2 Å². The van der Waals surface area contributed by atoms with Crippen LogP contribution in [-0.4, -0.2) is 79.4 Å². The number of anilines is 3. The minimum Gasteiger partial charge on any atom is -0.381 e. The molecule has 7 rings (SSSR count). The number of rotatable bonds is 9. The lowest BCUT2D eigenvalue weighted by Gasteiger charge is -2.32. The Bertz CT molecular complexity index is 2100. The summed E-state index contributed by atoms with van der Waals surface area (Å²) in [4.78, 5) is 24.0. The van der Waals surface area contributed by atoms with E-state index in [1.54, 1.807) is 35.0 Å². The molecular weight excluding hydrogens is 639 g/mol. The molecule has 2 saturated heterocycles. The minimum atomic E-state index is -3.38. The first-order chi connectivity index (χ1) is 22.5. The van der Waals surface area contributed by atoms with Crippen LogP contribution in [0.4, 0.5) is 17.3 Å². The zero-order valence-corrected chi connectivity index (χ0v) is 28.1. The number of hydrogen-bond acceptors (Lipinski definition) is 10. The second-order valence-electron chi connectivity index (χ2n) is 12.9. The van der Waals surface area contributed by atoms with Crippen LogP contribution in [0, 0.1) is 6.92 Å². The molecule has 2 aromatic carbocycles. The van der Waals surface area contributed by atoms with Crippen molar-refractivity contribution < 1.29 is 16.8 Å².